The van der Waals surface area contributed by atoms with Crippen LogP contribution in [0.15, 0.2) is 18.3 Å². The predicted molar refractivity (Wildman–Crippen MR) is 135 cm³/mol. The lowest BCUT2D eigenvalue weighted by atomic mass is 9.88. The zero-order valence-electron chi connectivity index (χ0n) is 20.7. The third kappa shape index (κ3) is 5.27. The number of amides is 3. The monoisotopic (exact) mass is 494 g/mol. The van der Waals surface area contributed by atoms with Crippen LogP contribution in [-0.2, 0) is 27.2 Å². The van der Waals surface area contributed by atoms with Gasteiger partial charge in [0.15, 0.2) is 0 Å². The third-order valence-corrected chi connectivity index (χ3v) is 5.98. The zero-order chi connectivity index (χ0) is 26.2. The van der Waals surface area contributed by atoms with Crippen LogP contribution in [0.4, 0.5) is 16.3 Å². The molecule has 0 spiro atoms. The summed E-state index contributed by atoms with van der Waals surface area (Å²) < 4.78 is 5.17. The Morgan fingerprint density at radius 1 is 1.17 bits per heavy atom. The Morgan fingerprint density at radius 3 is 2.56 bits per heavy atom. The van der Waals surface area contributed by atoms with E-state index in [4.69, 9.17) is 4.74 Å². The second-order valence-corrected chi connectivity index (χ2v) is 9.99. The van der Waals surface area contributed by atoms with Gasteiger partial charge >= 0.3 is 6.09 Å². The maximum atomic E-state index is 12.7. The molecule has 2 aliphatic rings. The van der Waals surface area contributed by atoms with Gasteiger partial charge in [-0.3, -0.25) is 9.59 Å². The smallest absolute Gasteiger partial charge is 0.408 e. The second kappa shape index (κ2) is 9.52. The Balaban J connectivity index is 1.57. The Bertz CT molecular complexity index is 1280. The highest BCUT2D eigenvalue weighted by molar-refractivity contribution is 6.34. The summed E-state index contributed by atoms with van der Waals surface area (Å²) in [7, 11) is 0. The number of hydrogen-bond donors (Lipinski definition) is 5. The van der Waals surface area contributed by atoms with Crippen LogP contribution < -0.4 is 16.0 Å². The zero-order valence-corrected chi connectivity index (χ0v) is 20.7. The summed E-state index contributed by atoms with van der Waals surface area (Å²) in [5, 5.41) is 29.1. The summed E-state index contributed by atoms with van der Waals surface area (Å²) in [6.07, 6.45) is 5.39. The summed E-state index contributed by atoms with van der Waals surface area (Å²) in [6, 6.07) is 2.15. The van der Waals surface area contributed by atoms with Crippen molar-refractivity contribution in [3.63, 3.8) is 0 Å². The van der Waals surface area contributed by atoms with Gasteiger partial charge in [-0.2, -0.15) is 0 Å². The molecule has 3 amide bonds. The quantitative estimate of drug-likeness (QED) is 0.321. The van der Waals surface area contributed by atoms with Gasteiger partial charge in [-0.25, -0.2) is 9.78 Å². The van der Waals surface area contributed by atoms with Crippen LogP contribution in [0.2, 0.25) is 0 Å². The molecule has 1 aromatic heterocycles. The van der Waals surface area contributed by atoms with Crippen molar-refractivity contribution in [2.75, 3.05) is 10.6 Å². The first-order valence-corrected chi connectivity index (χ1v) is 11.8. The topological polar surface area (TPSA) is 150 Å². The molecule has 1 aliphatic carbocycles. The van der Waals surface area contributed by atoms with Crippen LogP contribution in [0.25, 0.3) is 11.6 Å². The maximum absolute atomic E-state index is 12.7. The number of carbonyl (C=O) groups excluding carboxylic acids is 3. The van der Waals surface area contributed by atoms with Crippen molar-refractivity contribution in [3.05, 3.63) is 40.6 Å². The molecule has 10 heteroatoms. The number of hydrogen-bond acceptors (Lipinski definition) is 7. The Morgan fingerprint density at radius 2 is 1.86 bits per heavy atom. The van der Waals surface area contributed by atoms with Crippen LogP contribution in [0.1, 0.15) is 62.8 Å². The summed E-state index contributed by atoms with van der Waals surface area (Å²) in [5.74, 6) is -0.458. The van der Waals surface area contributed by atoms with Crippen molar-refractivity contribution in [3.8, 4) is 11.5 Å². The van der Waals surface area contributed by atoms with Gasteiger partial charge in [-0.05, 0) is 71.6 Å². The molecule has 1 unspecified atom stereocenters. The third-order valence-electron chi connectivity index (χ3n) is 5.98. The minimum atomic E-state index is -0.890. The molecule has 1 aliphatic heterocycles. The number of benzene rings is 1. The number of carbonyl (C=O) groups is 3. The Labute approximate surface area is 208 Å². The second-order valence-electron chi connectivity index (χ2n) is 9.99. The number of nitrogens with zero attached hydrogens (tertiary/aromatic N) is 1. The fourth-order valence-electron chi connectivity index (χ4n) is 4.27. The number of aromatic nitrogens is 1. The van der Waals surface area contributed by atoms with E-state index in [1.807, 2.05) is 0 Å². The number of phenolic OH excluding ortho intramolecular Hbond substituents is 2. The highest BCUT2D eigenvalue weighted by Gasteiger charge is 2.28. The molecule has 1 aromatic carbocycles. The van der Waals surface area contributed by atoms with Crippen molar-refractivity contribution in [1.82, 2.24) is 10.3 Å². The SMILES string of the molecule is CC(NC(=O)OC(C)(C)C)C(=O)Nc1cnc2c(c1)C(=Cc1cc(O)c3c(c1O)CCCC3)C(=O)N2. The van der Waals surface area contributed by atoms with Crippen molar-refractivity contribution in [2.45, 2.75) is 65.0 Å². The van der Waals surface area contributed by atoms with Gasteiger partial charge < -0.3 is 30.9 Å². The van der Waals surface area contributed by atoms with Gasteiger partial charge in [0.2, 0.25) is 5.91 Å². The van der Waals surface area contributed by atoms with E-state index < -0.39 is 29.6 Å². The average Bonchev–Trinajstić information content (AvgIpc) is 3.10. The number of aromatic hydroxyl groups is 2. The summed E-state index contributed by atoms with van der Waals surface area (Å²) in [6.45, 7) is 6.68. The molecule has 0 fully saturated rings. The van der Waals surface area contributed by atoms with Gasteiger partial charge in [0.05, 0.1) is 17.5 Å². The number of ether oxygens (including phenoxy) is 1. The van der Waals surface area contributed by atoms with Crippen LogP contribution in [0.5, 0.6) is 11.5 Å². The Hall–Kier alpha value is -4.08. The lowest BCUT2D eigenvalue weighted by Gasteiger charge is -2.21. The van der Waals surface area contributed by atoms with Crippen LogP contribution >= 0.6 is 0 Å². The first-order chi connectivity index (χ1) is 16.9. The number of alkyl carbamates (subject to hydrolysis) is 1. The van der Waals surface area contributed by atoms with E-state index >= 15 is 0 Å². The van der Waals surface area contributed by atoms with E-state index in [1.54, 1.807) is 26.8 Å². The van der Waals surface area contributed by atoms with E-state index in [1.165, 1.54) is 25.3 Å². The minimum absolute atomic E-state index is 0.0516. The molecule has 1 atom stereocenters. The summed E-state index contributed by atoms with van der Waals surface area (Å²) in [5.41, 5.74) is 2.07. The standard InChI is InChI=1S/C26H30N4O6/c1-13(28-25(35)36-26(2,3)4)23(33)29-15-11-18-19(24(34)30-22(18)27-12-15)9-14-10-20(31)16-7-5-6-8-17(16)21(14)32/h9-13,31-32H,5-8H2,1-4H3,(H,28,35)(H,29,33)(H,27,30,34). The normalized spacial score (nSPS) is 16.6. The maximum Gasteiger partial charge on any atom is 0.408 e. The number of phenols is 2. The summed E-state index contributed by atoms with van der Waals surface area (Å²) in [4.78, 5) is 41.5. The van der Waals surface area contributed by atoms with Crippen molar-refractivity contribution in [2.24, 2.45) is 0 Å². The molecule has 0 saturated heterocycles. The molecule has 5 N–H and O–H groups in total. The number of nitrogens with one attached hydrogen (secondary N) is 3. The molecular formula is C26H30N4O6. The molecule has 2 aromatic rings. The molecule has 0 saturated carbocycles. The number of pyridine rings is 1. The lowest BCUT2D eigenvalue weighted by molar-refractivity contribution is -0.117. The van der Waals surface area contributed by atoms with Crippen molar-refractivity contribution in [1.29, 1.82) is 0 Å². The van der Waals surface area contributed by atoms with E-state index in [2.05, 4.69) is 20.9 Å². The van der Waals surface area contributed by atoms with Gasteiger partial charge in [-0.1, -0.05) is 0 Å². The molecular weight excluding hydrogens is 464 g/mol. The first kappa shape index (κ1) is 25.0. The molecule has 190 valence electrons. The summed E-state index contributed by atoms with van der Waals surface area (Å²) >= 11 is 0. The average molecular weight is 495 g/mol. The van der Waals surface area contributed by atoms with Crippen LogP contribution in [-0.4, -0.2) is 44.7 Å². The molecule has 2 heterocycles. The predicted octanol–water partition coefficient (Wildman–Crippen LogP) is 3.72. The minimum Gasteiger partial charge on any atom is -0.508 e. The van der Waals surface area contributed by atoms with Gasteiger partial charge in [-0.15, -0.1) is 0 Å². The van der Waals surface area contributed by atoms with Gasteiger partial charge in [0.1, 0.15) is 29.0 Å². The highest BCUT2D eigenvalue weighted by Crippen LogP contribution is 2.41. The van der Waals surface area contributed by atoms with Crippen LogP contribution in [0.3, 0.4) is 0 Å². The van der Waals surface area contributed by atoms with Crippen molar-refractivity contribution >= 4 is 41.1 Å². The van der Waals surface area contributed by atoms with E-state index in [9.17, 15) is 24.6 Å². The molecule has 0 radical (unpaired) electrons. The molecule has 0 bridgehead atoms. The van der Waals surface area contributed by atoms with Gasteiger partial charge in [0, 0.05) is 22.3 Å². The fraction of sp³-hybridized carbons (Fsp3) is 0.385. The van der Waals surface area contributed by atoms with Crippen molar-refractivity contribution < 1.29 is 29.3 Å². The largest absolute Gasteiger partial charge is 0.508 e. The molecule has 36 heavy (non-hydrogen) atoms. The van der Waals surface area contributed by atoms with E-state index in [-0.39, 0.29) is 17.1 Å². The first-order valence-electron chi connectivity index (χ1n) is 11.8. The Kier molecular flexibility index (Phi) is 6.62. The lowest BCUT2D eigenvalue weighted by Crippen LogP contribution is -2.44. The molecule has 10 nitrogen and oxygen atoms in total. The van der Waals surface area contributed by atoms with E-state index in [0.717, 1.165) is 18.4 Å². The number of rotatable bonds is 4. The number of fused-ring (bicyclic) bond motifs is 2. The van der Waals surface area contributed by atoms with Crippen LogP contribution in [0, 0.1) is 0 Å². The van der Waals surface area contributed by atoms with E-state index in [0.29, 0.717) is 41.0 Å². The van der Waals surface area contributed by atoms with Gasteiger partial charge in [0.25, 0.3) is 5.91 Å². The number of anilines is 2. The highest BCUT2D eigenvalue weighted by atomic mass is 16.6. The molecule has 4 rings (SSSR count). The fourth-order valence-corrected chi connectivity index (χ4v) is 4.27.